The van der Waals surface area contributed by atoms with Gasteiger partial charge in [0.15, 0.2) is 0 Å². The number of rotatable bonds is 5. The highest BCUT2D eigenvalue weighted by molar-refractivity contribution is 5.92. The van der Waals surface area contributed by atoms with Gasteiger partial charge < -0.3 is 15.5 Å². The first-order valence-electron chi connectivity index (χ1n) is 11.1. The number of amides is 1. The Morgan fingerprint density at radius 2 is 2.13 bits per heavy atom. The highest BCUT2D eigenvalue weighted by Gasteiger charge is 2.26. The average molecular weight is 409 g/mol. The van der Waals surface area contributed by atoms with E-state index in [0.29, 0.717) is 24.3 Å². The van der Waals surface area contributed by atoms with E-state index >= 15 is 0 Å². The van der Waals surface area contributed by atoms with Gasteiger partial charge >= 0.3 is 0 Å². The first-order valence-corrected chi connectivity index (χ1v) is 11.1. The summed E-state index contributed by atoms with van der Waals surface area (Å²) >= 11 is 0. The Balaban J connectivity index is 1.35. The fourth-order valence-electron chi connectivity index (χ4n) is 4.47. The molecular weight excluding hydrogens is 376 g/mol. The minimum Gasteiger partial charge on any atom is -0.355 e. The molecule has 4 heterocycles. The predicted octanol–water partition coefficient (Wildman–Crippen LogP) is 2.06. The summed E-state index contributed by atoms with van der Waals surface area (Å²) in [7, 11) is 0. The van der Waals surface area contributed by atoms with Crippen molar-refractivity contribution in [2.45, 2.75) is 44.8 Å². The van der Waals surface area contributed by atoms with Gasteiger partial charge in [0, 0.05) is 57.2 Å². The van der Waals surface area contributed by atoms with Gasteiger partial charge in [-0.1, -0.05) is 12.1 Å². The quantitative estimate of drug-likeness (QED) is 0.789. The Kier molecular flexibility index (Phi) is 6.92. The molecule has 0 spiro atoms. The second-order valence-corrected chi connectivity index (χ2v) is 8.33. The number of hydrogen-bond donors (Lipinski definition) is 2. The molecule has 2 aromatic rings. The van der Waals surface area contributed by atoms with Crippen molar-refractivity contribution in [2.24, 2.45) is 0 Å². The Morgan fingerprint density at radius 3 is 2.97 bits per heavy atom. The molecule has 2 N–H and O–H groups in total. The summed E-state index contributed by atoms with van der Waals surface area (Å²) in [5.74, 6) is 0.741. The summed E-state index contributed by atoms with van der Waals surface area (Å²) < 4.78 is 0. The molecule has 7 heteroatoms. The van der Waals surface area contributed by atoms with E-state index in [1.54, 1.807) is 18.5 Å². The maximum Gasteiger partial charge on any atom is 0.270 e. The maximum absolute atomic E-state index is 12.6. The third-order valence-electron chi connectivity index (χ3n) is 6.11. The van der Waals surface area contributed by atoms with E-state index in [4.69, 9.17) is 0 Å². The van der Waals surface area contributed by atoms with E-state index in [1.807, 2.05) is 24.3 Å². The minimum atomic E-state index is -0.152. The Bertz CT molecular complexity index is 829. The summed E-state index contributed by atoms with van der Waals surface area (Å²) in [5, 5.41) is 6.49. The molecule has 2 aliphatic rings. The van der Waals surface area contributed by atoms with Crippen LogP contribution in [0, 0.1) is 0 Å². The van der Waals surface area contributed by atoms with Gasteiger partial charge in [-0.2, -0.15) is 0 Å². The molecule has 0 radical (unpaired) electrons. The zero-order chi connectivity index (χ0) is 20.8. The molecule has 0 saturated carbocycles. The molecule has 2 atom stereocenters. The van der Waals surface area contributed by atoms with Crippen LogP contribution in [0.15, 0.2) is 42.7 Å². The van der Waals surface area contributed by atoms with Crippen LogP contribution in [0.25, 0.3) is 0 Å². The number of pyridine rings is 2. The summed E-state index contributed by atoms with van der Waals surface area (Å²) in [4.78, 5) is 26.3. The van der Waals surface area contributed by atoms with Crippen molar-refractivity contribution in [3.63, 3.8) is 0 Å². The second kappa shape index (κ2) is 10.00. The van der Waals surface area contributed by atoms with Gasteiger partial charge in [0.1, 0.15) is 11.5 Å². The molecule has 160 valence electrons. The Morgan fingerprint density at radius 1 is 1.20 bits per heavy atom. The first-order chi connectivity index (χ1) is 14.7. The number of anilines is 1. The maximum atomic E-state index is 12.6. The molecule has 7 nitrogen and oxygen atoms in total. The molecule has 2 aliphatic heterocycles. The monoisotopic (exact) mass is 408 g/mol. The molecule has 0 bridgehead atoms. The SMILES string of the molecule is CC1CC(N2CCCN(c3cccc(C(=O)NCc4cccnc4)n3)CC2)CCN1. The summed E-state index contributed by atoms with van der Waals surface area (Å²) in [6.07, 6.45) is 7.07. The van der Waals surface area contributed by atoms with E-state index in [2.05, 4.69) is 37.3 Å². The first kappa shape index (κ1) is 20.8. The number of aromatic nitrogens is 2. The lowest BCUT2D eigenvalue weighted by Crippen LogP contribution is -2.47. The van der Waals surface area contributed by atoms with Gasteiger partial charge in [-0.05, 0) is 56.5 Å². The van der Waals surface area contributed by atoms with Crippen LogP contribution in [0.4, 0.5) is 5.82 Å². The molecule has 0 aliphatic carbocycles. The largest absolute Gasteiger partial charge is 0.355 e. The lowest BCUT2D eigenvalue weighted by molar-refractivity contribution is 0.0946. The minimum absolute atomic E-state index is 0.152. The number of carbonyl (C=O) groups is 1. The normalized spacial score (nSPS) is 23.0. The molecule has 2 unspecified atom stereocenters. The predicted molar refractivity (Wildman–Crippen MR) is 119 cm³/mol. The second-order valence-electron chi connectivity index (χ2n) is 8.33. The van der Waals surface area contributed by atoms with Crippen LogP contribution >= 0.6 is 0 Å². The van der Waals surface area contributed by atoms with Crippen molar-refractivity contribution in [1.82, 2.24) is 25.5 Å². The van der Waals surface area contributed by atoms with Gasteiger partial charge in [-0.25, -0.2) is 4.98 Å². The summed E-state index contributed by atoms with van der Waals surface area (Å²) in [5.41, 5.74) is 1.44. The van der Waals surface area contributed by atoms with Crippen LogP contribution in [0.3, 0.4) is 0 Å². The molecular formula is C23H32N6O. The fourth-order valence-corrected chi connectivity index (χ4v) is 4.47. The number of nitrogens with zero attached hydrogens (tertiary/aromatic N) is 4. The van der Waals surface area contributed by atoms with Crippen molar-refractivity contribution in [3.8, 4) is 0 Å². The van der Waals surface area contributed by atoms with Crippen molar-refractivity contribution in [3.05, 3.63) is 54.0 Å². The van der Waals surface area contributed by atoms with E-state index in [-0.39, 0.29) is 5.91 Å². The zero-order valence-corrected chi connectivity index (χ0v) is 17.8. The van der Waals surface area contributed by atoms with E-state index in [1.165, 1.54) is 12.8 Å². The van der Waals surface area contributed by atoms with Crippen LogP contribution in [0.1, 0.15) is 42.2 Å². The Labute approximate surface area is 178 Å². The summed E-state index contributed by atoms with van der Waals surface area (Å²) in [6.45, 7) is 7.97. The molecule has 30 heavy (non-hydrogen) atoms. The number of carbonyl (C=O) groups excluding carboxylic acids is 1. The zero-order valence-electron chi connectivity index (χ0n) is 17.8. The third kappa shape index (κ3) is 5.34. The van der Waals surface area contributed by atoms with Crippen molar-refractivity contribution < 1.29 is 4.79 Å². The summed E-state index contributed by atoms with van der Waals surface area (Å²) in [6, 6.07) is 10.8. The van der Waals surface area contributed by atoms with Gasteiger partial charge in [0.25, 0.3) is 5.91 Å². The van der Waals surface area contributed by atoms with Gasteiger partial charge in [0.2, 0.25) is 0 Å². The third-order valence-corrected chi connectivity index (χ3v) is 6.11. The highest BCUT2D eigenvalue weighted by atomic mass is 16.1. The molecule has 2 saturated heterocycles. The lowest BCUT2D eigenvalue weighted by atomic mass is 9.99. The molecule has 0 aromatic carbocycles. The Hall–Kier alpha value is -2.51. The van der Waals surface area contributed by atoms with Crippen molar-refractivity contribution >= 4 is 11.7 Å². The molecule has 2 fully saturated rings. The van der Waals surface area contributed by atoms with E-state index in [0.717, 1.165) is 50.5 Å². The molecule has 1 amide bonds. The van der Waals surface area contributed by atoms with E-state index < -0.39 is 0 Å². The number of piperidine rings is 1. The van der Waals surface area contributed by atoms with E-state index in [9.17, 15) is 4.79 Å². The number of hydrogen-bond acceptors (Lipinski definition) is 6. The van der Waals surface area contributed by atoms with Crippen molar-refractivity contribution in [1.29, 1.82) is 0 Å². The van der Waals surface area contributed by atoms with Crippen LogP contribution in [-0.4, -0.2) is 65.6 Å². The highest BCUT2D eigenvalue weighted by Crippen LogP contribution is 2.20. The van der Waals surface area contributed by atoms with Crippen LogP contribution in [0.5, 0.6) is 0 Å². The number of nitrogens with one attached hydrogen (secondary N) is 2. The van der Waals surface area contributed by atoms with Crippen LogP contribution in [-0.2, 0) is 6.54 Å². The van der Waals surface area contributed by atoms with Gasteiger partial charge in [0.05, 0.1) is 0 Å². The smallest absolute Gasteiger partial charge is 0.270 e. The van der Waals surface area contributed by atoms with Crippen molar-refractivity contribution in [2.75, 3.05) is 37.6 Å². The van der Waals surface area contributed by atoms with Gasteiger partial charge in [-0.3, -0.25) is 14.7 Å². The van der Waals surface area contributed by atoms with Gasteiger partial charge in [-0.15, -0.1) is 0 Å². The fraction of sp³-hybridized carbons (Fsp3) is 0.522. The van der Waals surface area contributed by atoms with Crippen LogP contribution in [0.2, 0.25) is 0 Å². The standard InChI is InChI=1S/C23H32N6O/c1-18-15-20(8-10-25-18)28-11-4-12-29(14-13-28)22-7-2-6-21(27-22)23(30)26-17-19-5-3-9-24-16-19/h2-3,5-7,9,16,18,20,25H,4,8,10-15,17H2,1H3,(H,26,30). The average Bonchev–Trinajstić information content (AvgIpc) is 3.05. The molecule has 2 aromatic heterocycles. The molecule has 4 rings (SSSR count). The lowest BCUT2D eigenvalue weighted by Gasteiger charge is -2.36. The van der Waals surface area contributed by atoms with Crippen LogP contribution < -0.4 is 15.5 Å². The topological polar surface area (TPSA) is 73.4 Å².